The summed E-state index contributed by atoms with van der Waals surface area (Å²) in [5, 5.41) is 0. The van der Waals surface area contributed by atoms with E-state index in [0.717, 1.165) is 12.0 Å². The van der Waals surface area contributed by atoms with Gasteiger partial charge in [-0.2, -0.15) is 0 Å². The molecule has 0 saturated heterocycles. The van der Waals surface area contributed by atoms with E-state index >= 15 is 0 Å². The van der Waals surface area contributed by atoms with E-state index in [1.807, 2.05) is 6.07 Å². The Kier molecular flexibility index (Phi) is 3.86. The Morgan fingerprint density at radius 1 is 1.16 bits per heavy atom. The number of aryl methyl sites for hydroxylation is 2. The van der Waals surface area contributed by atoms with Gasteiger partial charge in [0, 0.05) is 11.6 Å². The molecule has 1 aromatic carbocycles. The number of thiophene rings is 1. The summed E-state index contributed by atoms with van der Waals surface area (Å²) in [6.07, 6.45) is 4.49. The summed E-state index contributed by atoms with van der Waals surface area (Å²) in [5.41, 5.74) is 11.5. The number of halogens is 2. The van der Waals surface area contributed by atoms with Gasteiger partial charge in [-0.05, 0) is 48.4 Å². The molecule has 19 heavy (non-hydrogen) atoms. The van der Waals surface area contributed by atoms with E-state index in [1.54, 1.807) is 0 Å². The van der Waals surface area contributed by atoms with Crippen molar-refractivity contribution < 1.29 is 0 Å². The van der Waals surface area contributed by atoms with E-state index in [-0.39, 0.29) is 6.04 Å². The Balaban J connectivity index is 1.79. The Bertz CT molecular complexity index is 606. The molecule has 1 unspecified atom stereocenters. The van der Waals surface area contributed by atoms with E-state index in [1.165, 1.54) is 47.3 Å². The van der Waals surface area contributed by atoms with Crippen molar-refractivity contribution in [3.63, 3.8) is 0 Å². The average Bonchev–Trinajstić information content (AvgIpc) is 2.94. The first-order valence-electron chi connectivity index (χ1n) is 6.44. The molecule has 1 aromatic heterocycles. The van der Waals surface area contributed by atoms with Gasteiger partial charge in [-0.3, -0.25) is 0 Å². The number of rotatable bonds is 3. The van der Waals surface area contributed by atoms with Crippen molar-refractivity contribution in [2.45, 2.75) is 31.7 Å². The number of hydrogen-bond acceptors (Lipinski definition) is 2. The monoisotopic (exact) mass is 311 g/mol. The molecule has 0 spiro atoms. The van der Waals surface area contributed by atoms with Crippen LogP contribution in [0, 0.1) is 0 Å². The molecule has 1 nitrogen and oxygen atoms in total. The third kappa shape index (κ3) is 2.82. The SMILES string of the molecule is NC(Cc1ccc2c(c1)CCC2)c1cc(Cl)sc1Cl. The van der Waals surface area contributed by atoms with Crippen molar-refractivity contribution in [2.24, 2.45) is 5.73 Å². The lowest BCUT2D eigenvalue weighted by molar-refractivity contribution is 0.724. The molecule has 1 atom stereocenters. The Morgan fingerprint density at radius 2 is 1.95 bits per heavy atom. The molecule has 0 amide bonds. The van der Waals surface area contributed by atoms with E-state index in [4.69, 9.17) is 28.9 Å². The summed E-state index contributed by atoms with van der Waals surface area (Å²) < 4.78 is 1.41. The topological polar surface area (TPSA) is 26.0 Å². The zero-order chi connectivity index (χ0) is 13.4. The minimum Gasteiger partial charge on any atom is -0.324 e. The van der Waals surface area contributed by atoms with E-state index < -0.39 is 0 Å². The predicted octanol–water partition coefficient (Wildman–Crippen LogP) is 4.79. The van der Waals surface area contributed by atoms with Crippen LogP contribution in [0.4, 0.5) is 0 Å². The van der Waals surface area contributed by atoms with Gasteiger partial charge in [0.25, 0.3) is 0 Å². The van der Waals surface area contributed by atoms with Crippen LogP contribution >= 0.6 is 34.5 Å². The molecule has 0 bridgehead atoms. The lowest BCUT2D eigenvalue weighted by atomic mass is 9.99. The van der Waals surface area contributed by atoms with Gasteiger partial charge in [-0.25, -0.2) is 0 Å². The number of nitrogens with two attached hydrogens (primary N) is 1. The number of fused-ring (bicyclic) bond motifs is 1. The fraction of sp³-hybridized carbons (Fsp3) is 0.333. The number of benzene rings is 1. The highest BCUT2D eigenvalue weighted by atomic mass is 35.5. The molecule has 2 N–H and O–H groups in total. The highest BCUT2D eigenvalue weighted by Gasteiger charge is 2.16. The van der Waals surface area contributed by atoms with E-state index in [2.05, 4.69) is 18.2 Å². The largest absolute Gasteiger partial charge is 0.324 e. The van der Waals surface area contributed by atoms with Crippen LogP contribution in [0.25, 0.3) is 0 Å². The molecule has 0 radical (unpaired) electrons. The fourth-order valence-electron chi connectivity index (χ4n) is 2.72. The zero-order valence-corrected chi connectivity index (χ0v) is 12.8. The van der Waals surface area contributed by atoms with Gasteiger partial charge in [0.2, 0.25) is 0 Å². The van der Waals surface area contributed by atoms with Gasteiger partial charge in [0.1, 0.15) is 0 Å². The first-order chi connectivity index (χ1) is 9.13. The van der Waals surface area contributed by atoms with Crippen LogP contribution in [0.3, 0.4) is 0 Å². The summed E-state index contributed by atoms with van der Waals surface area (Å²) in [6.45, 7) is 0. The zero-order valence-electron chi connectivity index (χ0n) is 10.5. The van der Waals surface area contributed by atoms with Crippen LogP contribution in [0.5, 0.6) is 0 Å². The van der Waals surface area contributed by atoms with Crippen LogP contribution in [-0.4, -0.2) is 0 Å². The molecular weight excluding hydrogens is 297 g/mol. The maximum Gasteiger partial charge on any atom is 0.0992 e. The summed E-state index contributed by atoms with van der Waals surface area (Å²) >= 11 is 13.5. The Morgan fingerprint density at radius 3 is 2.68 bits per heavy atom. The van der Waals surface area contributed by atoms with Crippen molar-refractivity contribution >= 4 is 34.5 Å². The van der Waals surface area contributed by atoms with Gasteiger partial charge in [-0.15, -0.1) is 11.3 Å². The standard InChI is InChI=1S/C15H15Cl2NS/c16-14-8-12(15(17)19-14)13(18)7-9-4-5-10-2-1-3-11(10)6-9/h4-6,8,13H,1-3,7,18H2. The second-order valence-electron chi connectivity index (χ2n) is 5.05. The molecule has 100 valence electrons. The first kappa shape index (κ1) is 13.4. The molecule has 1 heterocycles. The summed E-state index contributed by atoms with van der Waals surface area (Å²) in [7, 11) is 0. The Labute approximate surface area is 127 Å². The van der Waals surface area contributed by atoms with Crippen LogP contribution < -0.4 is 5.73 Å². The first-order valence-corrected chi connectivity index (χ1v) is 8.01. The van der Waals surface area contributed by atoms with Crippen LogP contribution in [-0.2, 0) is 19.3 Å². The van der Waals surface area contributed by atoms with Gasteiger partial charge in [0.05, 0.1) is 8.67 Å². The summed E-state index contributed by atoms with van der Waals surface area (Å²) in [5.74, 6) is 0. The van der Waals surface area contributed by atoms with Crippen molar-refractivity contribution in [2.75, 3.05) is 0 Å². The van der Waals surface area contributed by atoms with Crippen LogP contribution in [0.2, 0.25) is 8.67 Å². The molecular formula is C15H15Cl2NS. The maximum absolute atomic E-state index is 6.25. The van der Waals surface area contributed by atoms with Gasteiger partial charge in [0.15, 0.2) is 0 Å². The van der Waals surface area contributed by atoms with Crippen LogP contribution in [0.1, 0.15) is 34.7 Å². The molecule has 0 saturated carbocycles. The van der Waals surface area contributed by atoms with Crippen LogP contribution in [0.15, 0.2) is 24.3 Å². The second kappa shape index (κ2) is 5.45. The molecule has 1 aliphatic carbocycles. The van der Waals surface area contributed by atoms with Gasteiger partial charge in [-0.1, -0.05) is 41.4 Å². The van der Waals surface area contributed by atoms with Crippen molar-refractivity contribution in [3.8, 4) is 0 Å². The summed E-state index contributed by atoms with van der Waals surface area (Å²) in [4.78, 5) is 0. The maximum atomic E-state index is 6.25. The third-order valence-electron chi connectivity index (χ3n) is 3.70. The van der Waals surface area contributed by atoms with Crippen molar-refractivity contribution in [3.05, 3.63) is 55.2 Å². The fourth-order valence-corrected chi connectivity index (χ4v) is 4.32. The highest BCUT2D eigenvalue weighted by Crippen LogP contribution is 2.35. The van der Waals surface area contributed by atoms with Crippen molar-refractivity contribution in [1.29, 1.82) is 0 Å². The molecule has 0 fully saturated rings. The van der Waals surface area contributed by atoms with Gasteiger partial charge < -0.3 is 5.73 Å². The molecule has 3 rings (SSSR count). The third-order valence-corrected chi connectivity index (χ3v) is 5.22. The Hall–Kier alpha value is -0.540. The van der Waals surface area contributed by atoms with E-state index in [9.17, 15) is 0 Å². The average molecular weight is 312 g/mol. The molecule has 2 aromatic rings. The normalized spacial score (nSPS) is 15.5. The number of hydrogen-bond donors (Lipinski definition) is 1. The quantitative estimate of drug-likeness (QED) is 0.866. The molecule has 0 aliphatic heterocycles. The van der Waals surface area contributed by atoms with Crippen molar-refractivity contribution in [1.82, 2.24) is 0 Å². The molecule has 4 heteroatoms. The summed E-state index contributed by atoms with van der Waals surface area (Å²) in [6, 6.07) is 8.52. The molecule has 1 aliphatic rings. The second-order valence-corrected chi connectivity index (χ2v) is 7.33. The minimum absolute atomic E-state index is 0.0873. The lowest BCUT2D eigenvalue weighted by Gasteiger charge is -2.12. The highest BCUT2D eigenvalue weighted by molar-refractivity contribution is 7.20. The lowest BCUT2D eigenvalue weighted by Crippen LogP contribution is -2.13. The smallest absolute Gasteiger partial charge is 0.0992 e. The minimum atomic E-state index is -0.0873. The van der Waals surface area contributed by atoms with E-state index in [0.29, 0.717) is 8.67 Å². The predicted molar refractivity (Wildman–Crippen MR) is 83.4 cm³/mol. The van der Waals surface area contributed by atoms with Gasteiger partial charge >= 0.3 is 0 Å².